The summed E-state index contributed by atoms with van der Waals surface area (Å²) in [5.41, 5.74) is 0.941. The Morgan fingerprint density at radius 1 is 1.11 bits per heavy atom. The molecule has 2 aromatic carbocycles. The molecule has 3 heterocycles. The number of hydrazine groups is 1. The number of hydrogen-bond donors (Lipinski definition) is 1. The van der Waals surface area contributed by atoms with E-state index in [0.717, 1.165) is 4.68 Å². The fourth-order valence-corrected chi connectivity index (χ4v) is 5.13. The summed E-state index contributed by atoms with van der Waals surface area (Å²) in [6.07, 6.45) is -4.90. The standard InChI is InChI=1S/C25H22BrF3N6O2/c1-14-20(24(37)35(33(14)2)16-11-7-4-8-12-16)31-23(36)21-19(26)22-30-17(15-9-5-3-6-10-15)13-18(25(27,28)29)34(22)32-21/h3-12,14,17-18,30H,13H2,1-2H3. The number of carbonyl (C=O) groups excluding carboxylic acids is 2. The molecule has 3 atom stereocenters. The third kappa shape index (κ3) is 4.44. The van der Waals surface area contributed by atoms with Gasteiger partial charge in [-0.25, -0.2) is 19.7 Å². The molecule has 0 bridgehead atoms. The third-order valence-corrected chi connectivity index (χ3v) is 7.36. The maximum absolute atomic E-state index is 14.1. The maximum Gasteiger partial charge on any atom is 0.410 e. The average molecular weight is 575 g/mol. The van der Waals surface area contributed by atoms with Crippen LogP contribution in [-0.2, 0) is 4.79 Å². The summed E-state index contributed by atoms with van der Waals surface area (Å²) in [4.78, 5) is 30.4. The van der Waals surface area contributed by atoms with E-state index in [1.165, 1.54) is 5.01 Å². The van der Waals surface area contributed by atoms with Crippen LogP contribution in [0.25, 0.3) is 0 Å². The van der Waals surface area contributed by atoms with Crippen LogP contribution in [0.4, 0.5) is 24.7 Å². The van der Waals surface area contributed by atoms with Crippen LogP contribution in [0.1, 0.15) is 41.5 Å². The minimum absolute atomic E-state index is 0.0276. The summed E-state index contributed by atoms with van der Waals surface area (Å²) in [5.74, 6) is -1.38. The van der Waals surface area contributed by atoms with Crippen LogP contribution in [-0.4, -0.2) is 51.6 Å². The van der Waals surface area contributed by atoms with Crippen molar-refractivity contribution in [3.05, 3.63) is 76.4 Å². The number of anilines is 2. The first-order chi connectivity index (χ1) is 17.6. The van der Waals surface area contributed by atoms with Crippen molar-refractivity contribution >= 4 is 45.0 Å². The second-order valence-corrected chi connectivity index (χ2v) is 9.65. The molecule has 1 N–H and O–H groups in total. The Balaban J connectivity index is 1.50. The number of alkyl halides is 3. The molecule has 5 rings (SSSR count). The molecular weight excluding hydrogens is 553 g/mol. The van der Waals surface area contributed by atoms with E-state index in [0.29, 0.717) is 11.3 Å². The summed E-state index contributed by atoms with van der Waals surface area (Å²) in [7, 11) is 1.69. The normalized spacial score (nSPS) is 23.3. The van der Waals surface area contributed by atoms with Crippen molar-refractivity contribution in [2.75, 3.05) is 17.4 Å². The largest absolute Gasteiger partial charge is 0.410 e. The summed E-state index contributed by atoms with van der Waals surface area (Å²) in [5, 5.41) is 10.1. The van der Waals surface area contributed by atoms with E-state index < -0.39 is 36.1 Å². The van der Waals surface area contributed by atoms with Gasteiger partial charge in [-0.3, -0.25) is 9.59 Å². The van der Waals surface area contributed by atoms with Crippen molar-refractivity contribution in [3.8, 4) is 0 Å². The average Bonchev–Trinajstić information content (AvgIpc) is 3.32. The lowest BCUT2D eigenvalue weighted by Crippen LogP contribution is -2.38. The van der Waals surface area contributed by atoms with Crippen LogP contribution in [0.2, 0.25) is 0 Å². The summed E-state index contributed by atoms with van der Waals surface area (Å²) >= 11 is 3.26. The number of aliphatic imine (C=N–C) groups is 1. The summed E-state index contributed by atoms with van der Waals surface area (Å²) in [6, 6.07) is 14.5. The zero-order valence-electron chi connectivity index (χ0n) is 19.8. The van der Waals surface area contributed by atoms with Gasteiger partial charge in [-0.05, 0) is 40.5 Å². The molecule has 37 heavy (non-hydrogen) atoms. The number of halogens is 4. The minimum Gasteiger partial charge on any atom is -0.362 e. The monoisotopic (exact) mass is 574 g/mol. The van der Waals surface area contributed by atoms with Gasteiger partial charge in [0.1, 0.15) is 11.5 Å². The number of carbonyl (C=O) groups is 2. The molecule has 2 aliphatic heterocycles. The predicted molar refractivity (Wildman–Crippen MR) is 135 cm³/mol. The Hall–Kier alpha value is -3.51. The molecule has 0 radical (unpaired) electrons. The maximum atomic E-state index is 14.1. The van der Waals surface area contributed by atoms with Gasteiger partial charge < -0.3 is 5.32 Å². The van der Waals surface area contributed by atoms with E-state index in [1.807, 2.05) is 6.07 Å². The highest BCUT2D eigenvalue weighted by Crippen LogP contribution is 2.46. The number of fused-ring (bicyclic) bond motifs is 1. The van der Waals surface area contributed by atoms with Gasteiger partial charge in [0.2, 0.25) is 0 Å². The summed E-state index contributed by atoms with van der Waals surface area (Å²) in [6.45, 7) is 1.71. The first-order valence-electron chi connectivity index (χ1n) is 11.5. The Bertz CT molecular complexity index is 1380. The number of amides is 2. The quantitative estimate of drug-likeness (QED) is 0.466. The molecule has 2 aliphatic rings. The first-order valence-corrected chi connectivity index (χ1v) is 12.3. The Morgan fingerprint density at radius 2 is 1.73 bits per heavy atom. The fraction of sp³-hybridized carbons (Fsp3) is 0.280. The second kappa shape index (κ2) is 9.42. The topological polar surface area (TPSA) is 82.8 Å². The van der Waals surface area contributed by atoms with E-state index in [4.69, 9.17) is 0 Å². The van der Waals surface area contributed by atoms with E-state index in [2.05, 4.69) is 31.3 Å². The third-order valence-electron chi connectivity index (χ3n) is 6.61. The molecular formula is C25H22BrF3N6O2. The molecule has 1 aromatic heterocycles. The molecule has 3 aromatic rings. The fourth-order valence-electron chi connectivity index (χ4n) is 4.58. The molecule has 0 spiro atoms. The Kier molecular flexibility index (Phi) is 6.40. The minimum atomic E-state index is -4.60. The smallest absolute Gasteiger partial charge is 0.362 e. The second-order valence-electron chi connectivity index (χ2n) is 8.86. The highest BCUT2D eigenvalue weighted by Gasteiger charge is 2.48. The molecule has 8 nitrogen and oxygen atoms in total. The predicted octanol–water partition coefficient (Wildman–Crippen LogP) is 5.17. The lowest BCUT2D eigenvalue weighted by Gasteiger charge is -2.33. The van der Waals surface area contributed by atoms with Crippen LogP contribution in [0, 0.1) is 0 Å². The van der Waals surface area contributed by atoms with Crippen LogP contribution < -0.4 is 10.3 Å². The van der Waals surface area contributed by atoms with Gasteiger partial charge in [-0.15, -0.1) is 0 Å². The molecule has 192 valence electrons. The van der Waals surface area contributed by atoms with E-state index in [-0.39, 0.29) is 28.1 Å². The van der Waals surface area contributed by atoms with E-state index in [9.17, 15) is 22.8 Å². The zero-order valence-corrected chi connectivity index (χ0v) is 21.4. The number of rotatable bonds is 3. The van der Waals surface area contributed by atoms with Gasteiger partial charge >= 0.3 is 6.18 Å². The van der Waals surface area contributed by atoms with Gasteiger partial charge in [0.15, 0.2) is 11.7 Å². The number of para-hydroxylation sites is 1. The van der Waals surface area contributed by atoms with Gasteiger partial charge in [0, 0.05) is 13.5 Å². The highest BCUT2D eigenvalue weighted by molar-refractivity contribution is 9.10. The van der Waals surface area contributed by atoms with Gasteiger partial charge in [0.05, 0.1) is 22.2 Å². The van der Waals surface area contributed by atoms with Crippen LogP contribution >= 0.6 is 15.9 Å². The number of nitrogens with zero attached hydrogens (tertiary/aromatic N) is 5. The van der Waals surface area contributed by atoms with Crippen molar-refractivity contribution in [1.29, 1.82) is 0 Å². The van der Waals surface area contributed by atoms with Crippen LogP contribution in [0.5, 0.6) is 0 Å². The van der Waals surface area contributed by atoms with Gasteiger partial charge in [-0.2, -0.15) is 18.3 Å². The summed E-state index contributed by atoms with van der Waals surface area (Å²) < 4.78 is 43.0. The lowest BCUT2D eigenvalue weighted by atomic mass is 9.97. The van der Waals surface area contributed by atoms with Crippen LogP contribution in [0.3, 0.4) is 0 Å². The first kappa shape index (κ1) is 25.2. The van der Waals surface area contributed by atoms with E-state index >= 15 is 0 Å². The molecule has 1 saturated heterocycles. The van der Waals surface area contributed by atoms with Crippen molar-refractivity contribution in [2.45, 2.75) is 37.6 Å². The van der Waals surface area contributed by atoms with Crippen molar-refractivity contribution < 1.29 is 22.8 Å². The molecule has 3 unspecified atom stereocenters. The highest BCUT2D eigenvalue weighted by atomic mass is 79.9. The lowest BCUT2D eigenvalue weighted by molar-refractivity contribution is -0.173. The molecule has 2 amide bonds. The Morgan fingerprint density at radius 3 is 2.35 bits per heavy atom. The number of nitrogens with one attached hydrogen (secondary N) is 1. The van der Waals surface area contributed by atoms with Crippen LogP contribution in [0.15, 0.2) is 70.1 Å². The molecule has 12 heteroatoms. The number of hydrogen-bond acceptors (Lipinski definition) is 5. The SMILES string of the molecule is CC1C(=NC(=O)c2nn3c(c2Br)NC(c2ccccc2)CC3C(F)(F)F)C(=O)N(c2ccccc2)N1C. The van der Waals surface area contributed by atoms with Crippen molar-refractivity contribution in [3.63, 3.8) is 0 Å². The van der Waals surface area contributed by atoms with Crippen molar-refractivity contribution in [2.24, 2.45) is 4.99 Å². The molecule has 1 fully saturated rings. The van der Waals surface area contributed by atoms with Gasteiger partial charge in [0.25, 0.3) is 11.8 Å². The van der Waals surface area contributed by atoms with Gasteiger partial charge in [-0.1, -0.05) is 48.5 Å². The number of benzene rings is 2. The van der Waals surface area contributed by atoms with Crippen molar-refractivity contribution in [1.82, 2.24) is 14.8 Å². The zero-order chi connectivity index (χ0) is 26.5. The number of aromatic nitrogens is 2. The molecule has 0 saturated carbocycles. The van der Waals surface area contributed by atoms with E-state index in [1.54, 1.807) is 73.6 Å². The Labute approximate surface area is 218 Å². The molecule has 0 aliphatic carbocycles.